The number of aliphatic hydroxyl groups is 1. The highest BCUT2D eigenvalue weighted by Gasteiger charge is 2.10. The number of hydrogen-bond acceptors (Lipinski definition) is 2. The van der Waals surface area contributed by atoms with Crippen molar-refractivity contribution in [1.82, 2.24) is 5.32 Å². The van der Waals surface area contributed by atoms with Gasteiger partial charge in [-0.1, -0.05) is 37.3 Å². The lowest BCUT2D eigenvalue weighted by Crippen LogP contribution is -2.32. The van der Waals surface area contributed by atoms with Gasteiger partial charge in [-0.25, -0.2) is 0 Å². The fraction of sp³-hybridized carbons (Fsp3) is 0.417. The van der Waals surface area contributed by atoms with E-state index in [0.29, 0.717) is 6.54 Å². The number of hydrogen-bond donors (Lipinski definition) is 2. The lowest BCUT2D eigenvalue weighted by Gasteiger charge is -2.09. The van der Waals surface area contributed by atoms with Crippen LogP contribution in [0.15, 0.2) is 36.0 Å². The van der Waals surface area contributed by atoms with Crippen LogP contribution in [0.25, 0.3) is 0 Å². The van der Waals surface area contributed by atoms with Crippen LogP contribution < -0.4 is 5.32 Å². The first kappa shape index (κ1) is 11.7. The van der Waals surface area contributed by atoms with Crippen LogP contribution in [0.1, 0.15) is 13.3 Å². The molecule has 2 N–H and O–H groups in total. The first-order valence-electron chi connectivity index (χ1n) is 5.15. The average Bonchev–Trinajstić information content (AvgIpc) is 2.53. The highest BCUT2D eigenvalue weighted by Crippen LogP contribution is 2.04. The van der Waals surface area contributed by atoms with E-state index >= 15 is 0 Å². The summed E-state index contributed by atoms with van der Waals surface area (Å²) in [6.45, 7) is 2.12. The molecule has 1 aliphatic carbocycles. The van der Waals surface area contributed by atoms with E-state index in [9.17, 15) is 4.79 Å². The fourth-order valence-corrected chi connectivity index (χ4v) is 1.20. The topological polar surface area (TPSA) is 49.3 Å². The van der Waals surface area contributed by atoms with Crippen LogP contribution in [0.5, 0.6) is 0 Å². The van der Waals surface area contributed by atoms with Crippen molar-refractivity contribution in [2.45, 2.75) is 13.3 Å². The number of nitrogens with one attached hydrogen (secondary N) is 1. The van der Waals surface area contributed by atoms with Crippen molar-refractivity contribution >= 4 is 5.91 Å². The minimum Gasteiger partial charge on any atom is -0.396 e. The van der Waals surface area contributed by atoms with Crippen molar-refractivity contribution in [2.75, 3.05) is 13.2 Å². The lowest BCUT2D eigenvalue weighted by atomic mass is 10.1. The normalized spacial score (nSPS) is 16.8. The molecule has 1 aliphatic rings. The molecular weight excluding hydrogens is 190 g/mol. The Bertz CT molecular complexity index is 303. The highest BCUT2D eigenvalue weighted by atomic mass is 16.3. The minimum atomic E-state index is -0.335. The molecule has 3 nitrogen and oxygen atoms in total. The average molecular weight is 207 g/mol. The van der Waals surface area contributed by atoms with Gasteiger partial charge >= 0.3 is 0 Å². The number of carbonyl (C=O) groups is 1. The van der Waals surface area contributed by atoms with Gasteiger partial charge in [-0.05, 0) is 12.0 Å². The van der Waals surface area contributed by atoms with E-state index < -0.39 is 0 Å². The maximum atomic E-state index is 11.4. The van der Waals surface area contributed by atoms with Crippen molar-refractivity contribution in [1.29, 1.82) is 0 Å². The number of amides is 1. The minimum absolute atomic E-state index is 0.107. The highest BCUT2D eigenvalue weighted by molar-refractivity contribution is 5.78. The second-order valence-electron chi connectivity index (χ2n) is 3.60. The van der Waals surface area contributed by atoms with E-state index in [1.165, 1.54) is 0 Å². The van der Waals surface area contributed by atoms with Crippen molar-refractivity contribution in [3.8, 4) is 0 Å². The molecule has 0 aromatic heterocycles. The van der Waals surface area contributed by atoms with Gasteiger partial charge in [0.2, 0.25) is 5.91 Å². The summed E-state index contributed by atoms with van der Waals surface area (Å²) in [6.07, 6.45) is 11.0. The molecule has 1 atom stereocenters. The molecule has 82 valence electrons. The fourth-order valence-electron chi connectivity index (χ4n) is 1.20. The summed E-state index contributed by atoms with van der Waals surface area (Å²) in [4.78, 5) is 11.4. The Hall–Kier alpha value is -1.35. The van der Waals surface area contributed by atoms with Gasteiger partial charge in [0.15, 0.2) is 0 Å². The largest absolute Gasteiger partial charge is 0.396 e. The molecule has 3 heteroatoms. The Balaban J connectivity index is 2.37. The molecule has 0 spiro atoms. The van der Waals surface area contributed by atoms with Gasteiger partial charge in [0, 0.05) is 6.54 Å². The molecule has 0 bridgehead atoms. The Morgan fingerprint density at radius 3 is 3.13 bits per heavy atom. The maximum absolute atomic E-state index is 11.4. The van der Waals surface area contributed by atoms with Crippen molar-refractivity contribution in [3.05, 3.63) is 36.0 Å². The molecule has 0 heterocycles. The SMILES string of the molecule is CC(CO)C(=O)NCC1=CCC=CC=C1. The number of allylic oxidation sites excluding steroid dienone is 4. The third-order valence-corrected chi connectivity index (χ3v) is 2.26. The smallest absolute Gasteiger partial charge is 0.225 e. The van der Waals surface area contributed by atoms with Crippen LogP contribution in [0.2, 0.25) is 0 Å². The van der Waals surface area contributed by atoms with Gasteiger partial charge in [0.1, 0.15) is 0 Å². The van der Waals surface area contributed by atoms with Crippen LogP contribution in [0, 0.1) is 5.92 Å². The van der Waals surface area contributed by atoms with Gasteiger partial charge in [0.05, 0.1) is 12.5 Å². The van der Waals surface area contributed by atoms with Gasteiger partial charge in [-0.15, -0.1) is 0 Å². The Labute approximate surface area is 90.2 Å². The van der Waals surface area contributed by atoms with Crippen molar-refractivity contribution in [3.63, 3.8) is 0 Å². The summed E-state index contributed by atoms with van der Waals surface area (Å²) in [5.74, 6) is -0.442. The molecule has 0 saturated carbocycles. The van der Waals surface area contributed by atoms with E-state index in [0.717, 1.165) is 12.0 Å². The molecule has 0 aliphatic heterocycles. The summed E-state index contributed by atoms with van der Waals surface area (Å²) >= 11 is 0. The molecule has 0 radical (unpaired) electrons. The van der Waals surface area contributed by atoms with Crippen LogP contribution in [-0.4, -0.2) is 24.2 Å². The predicted octanol–water partition coefficient (Wildman–Crippen LogP) is 1.17. The molecule has 0 aromatic rings. The number of carbonyl (C=O) groups excluding carboxylic acids is 1. The standard InChI is InChI=1S/C12H17NO2/c1-10(9-14)12(15)13-8-11-6-4-2-3-5-7-11/h2-4,6-7,10,14H,5,8-9H2,1H3,(H,13,15). The molecule has 0 aromatic carbocycles. The first-order chi connectivity index (χ1) is 7.24. The Morgan fingerprint density at radius 2 is 2.40 bits per heavy atom. The molecule has 0 fully saturated rings. The summed E-state index contributed by atoms with van der Waals surface area (Å²) in [6, 6.07) is 0. The van der Waals surface area contributed by atoms with Gasteiger partial charge in [0.25, 0.3) is 0 Å². The van der Waals surface area contributed by atoms with Crippen LogP contribution in [0.3, 0.4) is 0 Å². The zero-order chi connectivity index (χ0) is 11.1. The summed E-state index contributed by atoms with van der Waals surface area (Å²) in [7, 11) is 0. The van der Waals surface area contributed by atoms with Crippen LogP contribution in [-0.2, 0) is 4.79 Å². The molecular formula is C12H17NO2. The van der Waals surface area contributed by atoms with E-state index in [1.807, 2.05) is 18.2 Å². The Kier molecular flexibility index (Phi) is 4.84. The molecule has 1 amide bonds. The zero-order valence-corrected chi connectivity index (χ0v) is 8.94. The van der Waals surface area contributed by atoms with E-state index in [-0.39, 0.29) is 18.4 Å². The number of rotatable bonds is 4. The van der Waals surface area contributed by atoms with E-state index in [2.05, 4.69) is 17.5 Å². The maximum Gasteiger partial charge on any atom is 0.225 e. The van der Waals surface area contributed by atoms with Gasteiger partial charge in [-0.3, -0.25) is 4.79 Å². The van der Waals surface area contributed by atoms with Gasteiger partial charge in [-0.2, -0.15) is 0 Å². The molecule has 1 rings (SSSR count). The first-order valence-corrected chi connectivity index (χ1v) is 5.15. The predicted molar refractivity (Wildman–Crippen MR) is 60.2 cm³/mol. The zero-order valence-electron chi connectivity index (χ0n) is 8.94. The molecule has 0 saturated heterocycles. The van der Waals surface area contributed by atoms with Crippen molar-refractivity contribution in [2.24, 2.45) is 5.92 Å². The molecule has 15 heavy (non-hydrogen) atoms. The second-order valence-corrected chi connectivity index (χ2v) is 3.60. The number of aliphatic hydroxyl groups excluding tert-OH is 1. The second kappa shape index (κ2) is 6.19. The summed E-state index contributed by atoms with van der Waals surface area (Å²) in [5.41, 5.74) is 1.10. The third-order valence-electron chi connectivity index (χ3n) is 2.26. The van der Waals surface area contributed by atoms with Crippen LogP contribution in [0.4, 0.5) is 0 Å². The van der Waals surface area contributed by atoms with E-state index in [1.54, 1.807) is 6.92 Å². The Morgan fingerprint density at radius 1 is 1.60 bits per heavy atom. The van der Waals surface area contributed by atoms with Crippen molar-refractivity contribution < 1.29 is 9.90 Å². The van der Waals surface area contributed by atoms with Gasteiger partial charge < -0.3 is 10.4 Å². The van der Waals surface area contributed by atoms with Crippen LogP contribution >= 0.6 is 0 Å². The quantitative estimate of drug-likeness (QED) is 0.727. The van der Waals surface area contributed by atoms with E-state index in [4.69, 9.17) is 5.11 Å². The summed E-state index contributed by atoms with van der Waals surface area (Å²) < 4.78 is 0. The third kappa shape index (κ3) is 4.13. The molecule has 1 unspecified atom stereocenters. The monoisotopic (exact) mass is 207 g/mol. The lowest BCUT2D eigenvalue weighted by molar-refractivity contribution is -0.125. The summed E-state index contributed by atoms with van der Waals surface area (Å²) in [5, 5.41) is 11.6.